The summed E-state index contributed by atoms with van der Waals surface area (Å²) < 4.78 is 2.19. The first kappa shape index (κ1) is 15.1. The molecule has 2 atom stereocenters. The van der Waals surface area contributed by atoms with Gasteiger partial charge in [-0.15, -0.1) is 0 Å². The molecule has 0 fully saturated rings. The second-order valence-corrected chi connectivity index (χ2v) is 5.60. The van der Waals surface area contributed by atoms with Crippen molar-refractivity contribution in [3.8, 4) is 0 Å². The van der Waals surface area contributed by atoms with E-state index in [2.05, 4.69) is 16.5 Å². The molecule has 0 amide bonds. The standard InChI is InChI=1S/C16H22ClN3/c1-2-15(20-11-10-19-12-20)4-3-5-16(18)13-6-8-14(17)9-7-13/h6-12,15-16H,2-5,18H2,1H3. The van der Waals surface area contributed by atoms with Gasteiger partial charge in [0, 0.05) is 29.5 Å². The molecule has 1 aromatic carbocycles. The molecular weight excluding hydrogens is 270 g/mol. The smallest absolute Gasteiger partial charge is 0.0948 e. The molecule has 0 aliphatic heterocycles. The average molecular weight is 292 g/mol. The summed E-state index contributed by atoms with van der Waals surface area (Å²) in [5.41, 5.74) is 7.39. The third-order valence-corrected chi connectivity index (χ3v) is 4.02. The number of aromatic nitrogens is 2. The number of benzene rings is 1. The lowest BCUT2D eigenvalue weighted by Crippen LogP contribution is -2.12. The molecule has 0 radical (unpaired) electrons. The van der Waals surface area contributed by atoms with Gasteiger partial charge in [-0.25, -0.2) is 4.98 Å². The Morgan fingerprint density at radius 1 is 1.25 bits per heavy atom. The topological polar surface area (TPSA) is 43.8 Å². The van der Waals surface area contributed by atoms with Crippen LogP contribution in [0.5, 0.6) is 0 Å². The van der Waals surface area contributed by atoms with Gasteiger partial charge in [0.15, 0.2) is 0 Å². The van der Waals surface area contributed by atoms with E-state index in [0.717, 1.165) is 36.3 Å². The van der Waals surface area contributed by atoms with Crippen molar-refractivity contribution in [3.05, 3.63) is 53.6 Å². The first-order valence-electron chi connectivity index (χ1n) is 7.19. The van der Waals surface area contributed by atoms with Gasteiger partial charge in [-0.3, -0.25) is 0 Å². The zero-order valence-corrected chi connectivity index (χ0v) is 12.6. The second-order valence-electron chi connectivity index (χ2n) is 5.16. The van der Waals surface area contributed by atoms with Gasteiger partial charge in [0.1, 0.15) is 0 Å². The lowest BCUT2D eigenvalue weighted by Gasteiger charge is -2.18. The van der Waals surface area contributed by atoms with Gasteiger partial charge in [-0.1, -0.05) is 30.7 Å². The number of hydrogen-bond donors (Lipinski definition) is 1. The Labute approximate surface area is 125 Å². The van der Waals surface area contributed by atoms with Crippen LogP contribution in [0.25, 0.3) is 0 Å². The van der Waals surface area contributed by atoms with Gasteiger partial charge in [-0.05, 0) is 43.4 Å². The first-order chi connectivity index (χ1) is 9.70. The van der Waals surface area contributed by atoms with Crippen LogP contribution in [-0.4, -0.2) is 9.55 Å². The SMILES string of the molecule is CCC(CCCC(N)c1ccc(Cl)cc1)n1ccnc1. The zero-order valence-electron chi connectivity index (χ0n) is 11.9. The van der Waals surface area contributed by atoms with Crippen LogP contribution in [0, 0.1) is 0 Å². The molecule has 2 rings (SSSR count). The summed E-state index contributed by atoms with van der Waals surface area (Å²) in [6, 6.07) is 8.44. The van der Waals surface area contributed by atoms with E-state index < -0.39 is 0 Å². The van der Waals surface area contributed by atoms with Crippen LogP contribution in [0.15, 0.2) is 43.0 Å². The first-order valence-corrected chi connectivity index (χ1v) is 7.57. The van der Waals surface area contributed by atoms with Crippen LogP contribution in [0.1, 0.15) is 50.3 Å². The van der Waals surface area contributed by atoms with Crippen molar-refractivity contribution in [1.29, 1.82) is 0 Å². The van der Waals surface area contributed by atoms with E-state index in [1.54, 1.807) is 0 Å². The average Bonchev–Trinajstić information content (AvgIpc) is 2.98. The Balaban J connectivity index is 1.81. The van der Waals surface area contributed by atoms with Gasteiger partial charge < -0.3 is 10.3 Å². The van der Waals surface area contributed by atoms with Crippen LogP contribution in [0.2, 0.25) is 5.02 Å². The normalized spacial score (nSPS) is 14.2. The minimum absolute atomic E-state index is 0.0903. The number of hydrogen-bond acceptors (Lipinski definition) is 2. The molecule has 0 saturated heterocycles. The third-order valence-electron chi connectivity index (χ3n) is 3.77. The number of rotatable bonds is 7. The van der Waals surface area contributed by atoms with Gasteiger partial charge in [-0.2, -0.15) is 0 Å². The molecule has 3 nitrogen and oxygen atoms in total. The molecule has 2 N–H and O–H groups in total. The number of nitrogens with two attached hydrogens (primary N) is 1. The van der Waals surface area contributed by atoms with Crippen LogP contribution < -0.4 is 5.73 Å². The molecule has 1 aromatic heterocycles. The van der Waals surface area contributed by atoms with Crippen LogP contribution in [0.4, 0.5) is 0 Å². The summed E-state index contributed by atoms with van der Waals surface area (Å²) in [7, 11) is 0. The molecule has 2 aromatic rings. The summed E-state index contributed by atoms with van der Waals surface area (Å²) in [4.78, 5) is 4.12. The minimum Gasteiger partial charge on any atom is -0.334 e. The van der Waals surface area contributed by atoms with Gasteiger partial charge in [0.25, 0.3) is 0 Å². The predicted octanol–water partition coefficient (Wildman–Crippen LogP) is 4.36. The quantitative estimate of drug-likeness (QED) is 0.824. The van der Waals surface area contributed by atoms with E-state index in [1.165, 1.54) is 0 Å². The van der Waals surface area contributed by atoms with E-state index >= 15 is 0 Å². The van der Waals surface area contributed by atoms with Gasteiger partial charge in [0.2, 0.25) is 0 Å². The van der Waals surface area contributed by atoms with E-state index in [9.17, 15) is 0 Å². The highest BCUT2D eigenvalue weighted by molar-refractivity contribution is 6.30. The highest BCUT2D eigenvalue weighted by Gasteiger charge is 2.10. The number of halogens is 1. The Morgan fingerprint density at radius 2 is 2.00 bits per heavy atom. The molecular formula is C16H22ClN3. The maximum atomic E-state index is 6.23. The fraction of sp³-hybridized carbons (Fsp3) is 0.438. The fourth-order valence-electron chi connectivity index (χ4n) is 2.50. The molecule has 0 aliphatic carbocycles. The molecule has 0 aliphatic rings. The number of imidazole rings is 1. The summed E-state index contributed by atoms with van der Waals surface area (Å²) in [6.07, 6.45) is 10.1. The zero-order chi connectivity index (χ0) is 14.4. The van der Waals surface area contributed by atoms with Crippen LogP contribution in [0.3, 0.4) is 0 Å². The summed E-state index contributed by atoms with van der Waals surface area (Å²) in [5, 5.41) is 0.757. The van der Waals surface area contributed by atoms with E-state index in [4.69, 9.17) is 17.3 Å². The lowest BCUT2D eigenvalue weighted by molar-refractivity contribution is 0.421. The summed E-state index contributed by atoms with van der Waals surface area (Å²) >= 11 is 5.89. The highest BCUT2D eigenvalue weighted by Crippen LogP contribution is 2.23. The van der Waals surface area contributed by atoms with E-state index in [1.807, 2.05) is 43.0 Å². The summed E-state index contributed by atoms with van der Waals surface area (Å²) in [5.74, 6) is 0. The van der Waals surface area contributed by atoms with Crippen molar-refractivity contribution in [2.75, 3.05) is 0 Å². The molecule has 2 unspecified atom stereocenters. The molecule has 108 valence electrons. The Kier molecular flexibility index (Phi) is 5.62. The van der Waals surface area contributed by atoms with Gasteiger partial charge in [0.05, 0.1) is 6.33 Å². The summed E-state index contributed by atoms with van der Waals surface area (Å²) in [6.45, 7) is 2.21. The highest BCUT2D eigenvalue weighted by atomic mass is 35.5. The molecule has 0 spiro atoms. The lowest BCUT2D eigenvalue weighted by atomic mass is 9.99. The van der Waals surface area contributed by atoms with Crippen molar-refractivity contribution < 1.29 is 0 Å². The van der Waals surface area contributed by atoms with E-state index in [-0.39, 0.29) is 6.04 Å². The van der Waals surface area contributed by atoms with Crippen molar-refractivity contribution in [1.82, 2.24) is 9.55 Å². The minimum atomic E-state index is 0.0903. The third kappa shape index (κ3) is 4.09. The van der Waals surface area contributed by atoms with Gasteiger partial charge >= 0.3 is 0 Å². The predicted molar refractivity (Wildman–Crippen MR) is 83.8 cm³/mol. The number of nitrogens with zero attached hydrogens (tertiary/aromatic N) is 2. The molecule has 0 bridgehead atoms. The van der Waals surface area contributed by atoms with Crippen LogP contribution >= 0.6 is 11.6 Å². The Bertz CT molecular complexity index is 493. The molecule has 20 heavy (non-hydrogen) atoms. The maximum absolute atomic E-state index is 6.23. The Morgan fingerprint density at radius 3 is 2.60 bits per heavy atom. The maximum Gasteiger partial charge on any atom is 0.0948 e. The van der Waals surface area contributed by atoms with Crippen molar-refractivity contribution in [2.24, 2.45) is 5.73 Å². The van der Waals surface area contributed by atoms with Crippen molar-refractivity contribution in [2.45, 2.75) is 44.7 Å². The molecule has 4 heteroatoms. The second kappa shape index (κ2) is 7.46. The van der Waals surface area contributed by atoms with E-state index in [0.29, 0.717) is 6.04 Å². The van der Waals surface area contributed by atoms with Crippen LogP contribution in [-0.2, 0) is 0 Å². The molecule has 1 heterocycles. The largest absolute Gasteiger partial charge is 0.334 e. The fourth-order valence-corrected chi connectivity index (χ4v) is 2.63. The monoisotopic (exact) mass is 291 g/mol. The van der Waals surface area contributed by atoms with Crippen molar-refractivity contribution in [3.63, 3.8) is 0 Å². The molecule has 0 saturated carbocycles. The Hall–Kier alpha value is -1.32. The van der Waals surface area contributed by atoms with Crippen molar-refractivity contribution >= 4 is 11.6 Å².